The lowest BCUT2D eigenvalue weighted by molar-refractivity contribution is -0.385. The van der Waals surface area contributed by atoms with Gasteiger partial charge in [0.25, 0.3) is 5.69 Å². The minimum absolute atomic E-state index is 0.0474. The molecular formula is C18H22N2O5. The van der Waals surface area contributed by atoms with E-state index in [9.17, 15) is 14.9 Å². The minimum atomic E-state index is -0.462. The fourth-order valence-corrected chi connectivity index (χ4v) is 3.39. The lowest BCUT2D eigenvalue weighted by atomic mass is 9.86. The molecule has 0 radical (unpaired) electrons. The Hall–Kier alpha value is -2.41. The van der Waals surface area contributed by atoms with Gasteiger partial charge in [0.15, 0.2) is 6.79 Å². The van der Waals surface area contributed by atoms with E-state index in [-0.39, 0.29) is 31.0 Å². The van der Waals surface area contributed by atoms with Gasteiger partial charge in [0, 0.05) is 35.4 Å². The number of carbonyl (C=O) groups excluding carboxylic acids is 1. The molecule has 1 aromatic rings. The molecule has 0 spiro atoms. The van der Waals surface area contributed by atoms with Crippen LogP contribution in [0.2, 0.25) is 0 Å². The zero-order chi connectivity index (χ0) is 17.8. The highest BCUT2D eigenvalue weighted by molar-refractivity contribution is 5.92. The van der Waals surface area contributed by atoms with Crippen LogP contribution in [0.4, 0.5) is 5.69 Å². The summed E-state index contributed by atoms with van der Waals surface area (Å²) in [6, 6.07) is 3.04. The predicted molar refractivity (Wildman–Crippen MR) is 92.0 cm³/mol. The summed E-state index contributed by atoms with van der Waals surface area (Å²) in [6.07, 6.45) is 7.45. The van der Waals surface area contributed by atoms with Crippen molar-refractivity contribution in [1.29, 1.82) is 0 Å². The molecule has 1 heterocycles. The van der Waals surface area contributed by atoms with E-state index in [1.54, 1.807) is 6.08 Å². The van der Waals surface area contributed by atoms with Gasteiger partial charge in [-0.1, -0.05) is 19.8 Å². The summed E-state index contributed by atoms with van der Waals surface area (Å²) in [5.41, 5.74) is 1.08. The van der Waals surface area contributed by atoms with Crippen LogP contribution in [-0.4, -0.2) is 23.7 Å². The fourth-order valence-electron chi connectivity index (χ4n) is 3.39. The first-order valence-corrected chi connectivity index (χ1v) is 8.55. The van der Waals surface area contributed by atoms with Gasteiger partial charge in [0.05, 0.1) is 11.5 Å². The van der Waals surface area contributed by atoms with Crippen molar-refractivity contribution in [3.05, 3.63) is 39.4 Å². The Morgan fingerprint density at radius 1 is 1.36 bits per heavy atom. The standard InChI is InChI=1S/C18H22N2O5/c1-12-4-2-3-5-16(12)19-17(21)7-6-13-8-15(20(22)23)9-14-10-24-11-25-18(13)14/h6-9,12,16H,2-5,10-11H2,1H3,(H,19,21)/b7-6+/t12-,16+/m0/s1. The molecule has 0 aromatic heterocycles. The van der Waals surface area contributed by atoms with Crippen LogP contribution in [0.25, 0.3) is 6.08 Å². The molecule has 1 aliphatic carbocycles. The molecule has 1 saturated carbocycles. The van der Waals surface area contributed by atoms with Gasteiger partial charge >= 0.3 is 0 Å². The van der Waals surface area contributed by atoms with Crippen molar-refractivity contribution in [1.82, 2.24) is 5.32 Å². The number of amides is 1. The minimum Gasteiger partial charge on any atom is -0.467 e. The Morgan fingerprint density at radius 3 is 2.92 bits per heavy atom. The third-order valence-corrected chi connectivity index (χ3v) is 4.79. The molecule has 2 aliphatic rings. The molecule has 134 valence electrons. The Morgan fingerprint density at radius 2 is 2.16 bits per heavy atom. The zero-order valence-corrected chi connectivity index (χ0v) is 14.2. The van der Waals surface area contributed by atoms with Gasteiger partial charge in [0.1, 0.15) is 5.75 Å². The van der Waals surface area contributed by atoms with Gasteiger partial charge < -0.3 is 14.8 Å². The van der Waals surface area contributed by atoms with Crippen LogP contribution in [0, 0.1) is 16.0 Å². The number of nitro benzene ring substituents is 1. The van der Waals surface area contributed by atoms with Crippen LogP contribution in [0.1, 0.15) is 43.7 Å². The van der Waals surface area contributed by atoms with Crippen LogP contribution in [0.15, 0.2) is 18.2 Å². The van der Waals surface area contributed by atoms with Crippen LogP contribution in [0.5, 0.6) is 5.75 Å². The summed E-state index contributed by atoms with van der Waals surface area (Å²) in [6.45, 7) is 2.50. The van der Waals surface area contributed by atoms with E-state index >= 15 is 0 Å². The average Bonchev–Trinajstić information content (AvgIpc) is 2.61. The molecule has 1 aromatic carbocycles. The maximum absolute atomic E-state index is 12.2. The van der Waals surface area contributed by atoms with Gasteiger partial charge in [0.2, 0.25) is 5.91 Å². The average molecular weight is 346 g/mol. The molecule has 7 heteroatoms. The highest BCUT2D eigenvalue weighted by Crippen LogP contribution is 2.33. The first kappa shape index (κ1) is 17.4. The topological polar surface area (TPSA) is 90.7 Å². The Kier molecular flexibility index (Phi) is 5.33. The summed E-state index contributed by atoms with van der Waals surface area (Å²) in [7, 11) is 0. The number of rotatable bonds is 4. The van der Waals surface area contributed by atoms with Gasteiger partial charge in [-0.05, 0) is 24.8 Å². The second kappa shape index (κ2) is 7.65. The van der Waals surface area contributed by atoms with Gasteiger partial charge in [-0.2, -0.15) is 0 Å². The largest absolute Gasteiger partial charge is 0.467 e. The second-order valence-electron chi connectivity index (χ2n) is 6.60. The molecular weight excluding hydrogens is 324 g/mol. The summed E-state index contributed by atoms with van der Waals surface area (Å²) in [4.78, 5) is 22.9. The van der Waals surface area contributed by atoms with Crippen LogP contribution < -0.4 is 10.1 Å². The van der Waals surface area contributed by atoms with Crippen LogP contribution >= 0.6 is 0 Å². The van der Waals surface area contributed by atoms with E-state index in [1.165, 1.54) is 24.6 Å². The SMILES string of the molecule is C[C@H]1CCCC[C@H]1NC(=O)/C=C/c1cc([N+](=O)[O-])cc2c1OCOC2. The number of carbonyl (C=O) groups is 1. The number of benzene rings is 1. The lowest BCUT2D eigenvalue weighted by Crippen LogP contribution is -2.40. The van der Waals surface area contributed by atoms with Crippen molar-refractivity contribution < 1.29 is 19.2 Å². The number of ether oxygens (including phenoxy) is 2. The fraction of sp³-hybridized carbons (Fsp3) is 0.500. The van der Waals surface area contributed by atoms with E-state index in [0.717, 1.165) is 19.3 Å². The van der Waals surface area contributed by atoms with Crippen molar-refractivity contribution in [2.75, 3.05) is 6.79 Å². The quantitative estimate of drug-likeness (QED) is 0.514. The molecule has 0 unspecified atom stereocenters. The zero-order valence-electron chi connectivity index (χ0n) is 14.2. The maximum Gasteiger partial charge on any atom is 0.270 e. The smallest absolute Gasteiger partial charge is 0.270 e. The molecule has 2 atom stereocenters. The summed E-state index contributed by atoms with van der Waals surface area (Å²) >= 11 is 0. The van der Waals surface area contributed by atoms with Crippen molar-refractivity contribution in [2.24, 2.45) is 5.92 Å². The Labute approximate surface area is 146 Å². The van der Waals surface area contributed by atoms with Crippen molar-refractivity contribution >= 4 is 17.7 Å². The van der Waals surface area contributed by atoms with Crippen molar-refractivity contribution in [3.63, 3.8) is 0 Å². The normalized spacial score (nSPS) is 22.9. The van der Waals surface area contributed by atoms with E-state index < -0.39 is 4.92 Å². The number of nitro groups is 1. The third-order valence-electron chi connectivity index (χ3n) is 4.79. The van der Waals surface area contributed by atoms with Gasteiger partial charge in [-0.3, -0.25) is 14.9 Å². The predicted octanol–water partition coefficient (Wildman–Crippen LogP) is 3.17. The van der Waals surface area contributed by atoms with E-state index in [4.69, 9.17) is 9.47 Å². The van der Waals surface area contributed by atoms with Crippen molar-refractivity contribution in [3.8, 4) is 5.75 Å². The number of nitrogens with one attached hydrogen (secondary N) is 1. The number of nitrogens with zero attached hydrogens (tertiary/aromatic N) is 1. The lowest BCUT2D eigenvalue weighted by Gasteiger charge is -2.29. The molecule has 1 amide bonds. The summed E-state index contributed by atoms with van der Waals surface area (Å²) in [5.74, 6) is 0.815. The maximum atomic E-state index is 12.2. The van der Waals surface area contributed by atoms with Gasteiger partial charge in [-0.25, -0.2) is 0 Å². The van der Waals surface area contributed by atoms with Crippen LogP contribution in [0.3, 0.4) is 0 Å². The van der Waals surface area contributed by atoms with Gasteiger partial charge in [-0.15, -0.1) is 0 Å². The highest BCUT2D eigenvalue weighted by atomic mass is 16.7. The number of fused-ring (bicyclic) bond motifs is 1. The summed E-state index contributed by atoms with van der Waals surface area (Å²) in [5, 5.41) is 14.1. The monoisotopic (exact) mass is 346 g/mol. The van der Waals surface area contributed by atoms with E-state index in [0.29, 0.717) is 22.8 Å². The van der Waals surface area contributed by atoms with Crippen molar-refractivity contribution in [2.45, 2.75) is 45.3 Å². The first-order chi connectivity index (χ1) is 12.0. The number of hydrogen-bond acceptors (Lipinski definition) is 5. The Bertz CT molecular complexity index is 701. The third kappa shape index (κ3) is 4.17. The second-order valence-corrected chi connectivity index (χ2v) is 6.60. The number of non-ortho nitro benzene ring substituents is 1. The van der Waals surface area contributed by atoms with Crippen LogP contribution in [-0.2, 0) is 16.1 Å². The molecule has 7 nitrogen and oxygen atoms in total. The molecule has 0 saturated heterocycles. The molecule has 3 rings (SSSR count). The molecule has 1 aliphatic heterocycles. The summed E-state index contributed by atoms with van der Waals surface area (Å²) < 4.78 is 10.6. The Balaban J connectivity index is 1.76. The molecule has 1 fully saturated rings. The van der Waals surface area contributed by atoms with E-state index in [1.807, 2.05) is 0 Å². The number of hydrogen-bond donors (Lipinski definition) is 1. The highest BCUT2D eigenvalue weighted by Gasteiger charge is 2.23. The molecule has 1 N–H and O–H groups in total. The molecule has 0 bridgehead atoms. The molecule has 25 heavy (non-hydrogen) atoms. The van der Waals surface area contributed by atoms with E-state index in [2.05, 4.69) is 12.2 Å². The first-order valence-electron chi connectivity index (χ1n) is 8.55.